The second-order valence-corrected chi connectivity index (χ2v) is 16.0. The summed E-state index contributed by atoms with van der Waals surface area (Å²) in [5.41, 5.74) is 10.1. The SMILES string of the molecule is C=C1[C@@H]2N3C[C@@H]4[C@H]5C[C@@H]6N(CC[C@@]67c6ccccc6N[C@@]47c4cccc(c43)[C@@]23CCN2C[C@@H](CC)[C@H]1C[C@H]23)C[C@H]5CC. The third-order valence-corrected chi connectivity index (χ3v) is 15.6. The van der Waals surface area contributed by atoms with Crippen LogP contribution in [-0.4, -0.2) is 60.6 Å². The van der Waals surface area contributed by atoms with Gasteiger partial charge in [0.1, 0.15) is 0 Å². The Bertz CT molecular complexity index is 1560. The first kappa shape index (κ1) is 24.1. The lowest BCUT2D eigenvalue weighted by atomic mass is 9.45. The van der Waals surface area contributed by atoms with Gasteiger partial charge in [-0.05, 0) is 79.6 Å². The van der Waals surface area contributed by atoms with Crippen molar-refractivity contribution in [3.8, 4) is 0 Å². The van der Waals surface area contributed by atoms with Gasteiger partial charge in [-0.15, -0.1) is 0 Å². The summed E-state index contributed by atoms with van der Waals surface area (Å²) < 4.78 is 0. The molecule has 7 heterocycles. The molecule has 0 amide bonds. The van der Waals surface area contributed by atoms with Gasteiger partial charge in [-0.3, -0.25) is 9.80 Å². The smallest absolute Gasteiger partial charge is 0.0805 e. The van der Waals surface area contributed by atoms with Crippen LogP contribution in [0, 0.1) is 29.6 Å². The molecule has 11 atom stereocenters. The second-order valence-electron chi connectivity index (χ2n) is 16.0. The van der Waals surface area contributed by atoms with Crippen LogP contribution < -0.4 is 10.2 Å². The van der Waals surface area contributed by atoms with Crippen molar-refractivity contribution in [2.45, 2.75) is 86.9 Å². The lowest BCUT2D eigenvalue weighted by Gasteiger charge is -2.66. The Morgan fingerprint density at radius 1 is 0.833 bits per heavy atom. The minimum atomic E-state index is -0.0144. The van der Waals surface area contributed by atoms with E-state index < -0.39 is 0 Å². The molecule has 1 N–H and O–H groups in total. The molecule has 42 heavy (non-hydrogen) atoms. The summed E-state index contributed by atoms with van der Waals surface area (Å²) in [6.45, 7) is 16.3. The fraction of sp³-hybridized carbons (Fsp3) is 0.632. The van der Waals surface area contributed by atoms with E-state index in [0.717, 1.165) is 17.8 Å². The molecule has 4 nitrogen and oxygen atoms in total. The second kappa shape index (κ2) is 7.49. The molecule has 4 heteroatoms. The third kappa shape index (κ3) is 2.24. The van der Waals surface area contributed by atoms with Gasteiger partial charge < -0.3 is 10.2 Å². The molecule has 218 valence electrons. The van der Waals surface area contributed by atoms with Crippen molar-refractivity contribution < 1.29 is 0 Å². The molecular weight excluding hydrogens is 512 g/mol. The molecule has 0 radical (unpaired) electrons. The van der Waals surface area contributed by atoms with Crippen molar-refractivity contribution in [2.75, 3.05) is 42.9 Å². The molecule has 2 aromatic carbocycles. The van der Waals surface area contributed by atoms with Gasteiger partial charge in [0.2, 0.25) is 0 Å². The molecule has 7 aliphatic heterocycles. The number of piperidine rings is 2. The first-order valence-electron chi connectivity index (χ1n) is 17.5. The monoisotopic (exact) mass is 558 g/mol. The van der Waals surface area contributed by atoms with E-state index in [1.54, 1.807) is 28.0 Å². The maximum Gasteiger partial charge on any atom is 0.0805 e. The minimum Gasteiger partial charge on any atom is -0.374 e. The van der Waals surface area contributed by atoms with E-state index in [-0.39, 0.29) is 16.4 Å². The predicted octanol–water partition coefficient (Wildman–Crippen LogP) is 6.13. The highest BCUT2D eigenvalue weighted by molar-refractivity contribution is 5.81. The van der Waals surface area contributed by atoms with Gasteiger partial charge in [-0.1, -0.05) is 75.2 Å². The standard InChI is InChI=1S/C38H46N4/c1-4-23-19-40-15-13-36-28-10-8-11-29-34(28)42(35(36)22(3)25(23)17-32(36)40)21-30-26-18-33-37(14-16-41(33)20-24(26)5-2)27-9-6-7-12-31(27)39-38(29,30)37/h6-12,23-26,30,32-33,35,39H,3-5,13-21H2,1-2H3/t23-,24-,25+,26+,30-,32+,33+,35+,36-,37-,38+/m1/s1. The number of benzene rings is 2. The zero-order valence-electron chi connectivity index (χ0n) is 25.5. The number of nitrogens with one attached hydrogen (secondary N) is 1. The molecule has 3 spiro atoms. The molecular formula is C38H46N4. The number of para-hydroxylation sites is 2. The zero-order chi connectivity index (χ0) is 27.7. The fourth-order valence-corrected chi connectivity index (χ4v) is 14.3. The minimum absolute atomic E-state index is 0.0144. The average Bonchev–Trinajstić information content (AvgIpc) is 3.76. The summed E-state index contributed by atoms with van der Waals surface area (Å²) in [7, 11) is 0. The molecule has 2 aliphatic carbocycles. The van der Waals surface area contributed by atoms with E-state index in [0.29, 0.717) is 30.0 Å². The number of nitrogens with zero attached hydrogens (tertiary/aromatic N) is 3. The molecule has 4 saturated heterocycles. The van der Waals surface area contributed by atoms with Crippen LogP contribution in [-0.2, 0) is 16.4 Å². The highest BCUT2D eigenvalue weighted by atomic mass is 15.3. The fourth-order valence-electron chi connectivity index (χ4n) is 14.3. The van der Waals surface area contributed by atoms with Crippen LogP contribution >= 0.6 is 0 Å². The van der Waals surface area contributed by atoms with Crippen LogP contribution in [0.15, 0.2) is 54.6 Å². The van der Waals surface area contributed by atoms with Gasteiger partial charge in [0.05, 0.1) is 11.6 Å². The summed E-state index contributed by atoms with van der Waals surface area (Å²) in [4.78, 5) is 8.91. The molecule has 9 aliphatic rings. The Labute approximate surface area is 251 Å². The molecule has 0 aromatic heterocycles. The molecule has 4 bridgehead atoms. The molecule has 2 saturated carbocycles. The lowest BCUT2D eigenvalue weighted by Crippen LogP contribution is -2.72. The molecule has 2 aromatic rings. The largest absolute Gasteiger partial charge is 0.374 e. The average molecular weight is 559 g/mol. The van der Waals surface area contributed by atoms with Gasteiger partial charge >= 0.3 is 0 Å². The van der Waals surface area contributed by atoms with E-state index in [1.807, 2.05) is 0 Å². The Morgan fingerprint density at radius 2 is 1.60 bits per heavy atom. The lowest BCUT2D eigenvalue weighted by molar-refractivity contribution is -0.0601. The van der Waals surface area contributed by atoms with Crippen molar-refractivity contribution in [1.82, 2.24) is 9.80 Å². The van der Waals surface area contributed by atoms with Gasteiger partial charge in [0.25, 0.3) is 0 Å². The van der Waals surface area contributed by atoms with Crippen molar-refractivity contribution in [3.63, 3.8) is 0 Å². The van der Waals surface area contributed by atoms with E-state index >= 15 is 0 Å². The summed E-state index contributed by atoms with van der Waals surface area (Å²) in [6.07, 6.45) is 7.93. The van der Waals surface area contributed by atoms with Crippen molar-refractivity contribution >= 4 is 11.4 Å². The number of hydrogen-bond acceptors (Lipinski definition) is 4. The number of rotatable bonds is 2. The van der Waals surface area contributed by atoms with Gasteiger partial charge in [-0.25, -0.2) is 0 Å². The highest BCUT2D eigenvalue weighted by Crippen LogP contribution is 2.74. The maximum absolute atomic E-state index is 5.07. The number of anilines is 2. The summed E-state index contributed by atoms with van der Waals surface area (Å²) in [6, 6.07) is 19.0. The van der Waals surface area contributed by atoms with Crippen LogP contribution in [0.25, 0.3) is 0 Å². The number of fused-ring (bicyclic) bond motifs is 5. The topological polar surface area (TPSA) is 21.8 Å². The van der Waals surface area contributed by atoms with Gasteiger partial charge in [0.15, 0.2) is 0 Å². The van der Waals surface area contributed by atoms with Crippen LogP contribution in [0.5, 0.6) is 0 Å². The van der Waals surface area contributed by atoms with Crippen LogP contribution in [0.2, 0.25) is 0 Å². The van der Waals surface area contributed by atoms with Crippen molar-refractivity contribution in [3.05, 3.63) is 71.3 Å². The summed E-state index contributed by atoms with van der Waals surface area (Å²) in [5, 5.41) is 4.49. The van der Waals surface area contributed by atoms with E-state index in [9.17, 15) is 0 Å². The normalized spacial score (nSPS) is 48.3. The van der Waals surface area contributed by atoms with E-state index in [4.69, 9.17) is 6.58 Å². The van der Waals surface area contributed by atoms with Crippen molar-refractivity contribution in [2.24, 2.45) is 29.6 Å². The molecule has 6 fully saturated rings. The molecule has 11 rings (SSSR count). The quantitative estimate of drug-likeness (QED) is 0.448. The van der Waals surface area contributed by atoms with Crippen molar-refractivity contribution in [1.29, 1.82) is 0 Å². The molecule has 0 unspecified atom stereocenters. The first-order valence-corrected chi connectivity index (χ1v) is 17.5. The van der Waals surface area contributed by atoms with E-state index in [1.165, 1.54) is 76.9 Å². The highest BCUT2D eigenvalue weighted by Gasteiger charge is 2.77. The maximum atomic E-state index is 5.07. The zero-order valence-corrected chi connectivity index (χ0v) is 25.5. The number of hydrogen-bond donors (Lipinski definition) is 1. The first-order chi connectivity index (χ1) is 20.6. The van der Waals surface area contributed by atoms with Crippen LogP contribution in [0.3, 0.4) is 0 Å². The Hall–Kier alpha value is -2.30. The third-order valence-electron chi connectivity index (χ3n) is 15.6. The predicted molar refractivity (Wildman–Crippen MR) is 169 cm³/mol. The Balaban J connectivity index is 1.20. The Kier molecular flexibility index (Phi) is 4.29. The van der Waals surface area contributed by atoms with E-state index in [2.05, 4.69) is 76.3 Å². The van der Waals surface area contributed by atoms with Gasteiger partial charge in [-0.2, -0.15) is 0 Å². The summed E-state index contributed by atoms with van der Waals surface area (Å²) in [5.74, 6) is 3.67. The van der Waals surface area contributed by atoms with Gasteiger partial charge in [0, 0.05) is 65.4 Å². The van der Waals surface area contributed by atoms with Crippen LogP contribution in [0.1, 0.15) is 69.1 Å². The Morgan fingerprint density at radius 3 is 2.48 bits per heavy atom. The summed E-state index contributed by atoms with van der Waals surface area (Å²) >= 11 is 0. The van der Waals surface area contributed by atoms with Crippen LogP contribution in [0.4, 0.5) is 11.4 Å².